The maximum absolute atomic E-state index is 12.9. The number of carbonyl (C=O) groups is 5. The van der Waals surface area contributed by atoms with Crippen LogP contribution in [-0.2, 0) is 38.1 Å². The fourth-order valence-electron chi connectivity index (χ4n) is 3.46. The van der Waals surface area contributed by atoms with E-state index in [0.29, 0.717) is 11.3 Å². The molecule has 2 aliphatic heterocycles. The maximum atomic E-state index is 12.9. The molecule has 0 saturated carbocycles. The van der Waals surface area contributed by atoms with Gasteiger partial charge in [0.2, 0.25) is 5.91 Å². The number of carbonyl (C=O) groups excluding carboxylic acids is 5. The van der Waals surface area contributed by atoms with Gasteiger partial charge in [0.15, 0.2) is 5.78 Å². The molecular weight excluding hydrogens is 430 g/mol. The first kappa shape index (κ1) is 24.6. The van der Waals surface area contributed by atoms with Gasteiger partial charge in [0, 0.05) is 6.61 Å². The summed E-state index contributed by atoms with van der Waals surface area (Å²) in [6.45, 7) is 8.15. The standard InChI is InChI=1S/C20H25NO9S/c1-5-8-28-19(25)18(24)21-14(16-15(22)12(31-4)7-10-27-16)13(17(21)23)11(3)30-20(26)29-9-6-2/h5-6,11-14,16H,1-2,7-10H2,3-4H3/t11-,12+,13-,14+,16-/m1/s1. The summed E-state index contributed by atoms with van der Waals surface area (Å²) in [5.74, 6) is -4.66. The lowest BCUT2D eigenvalue weighted by Crippen LogP contribution is -2.73. The molecule has 0 aromatic heterocycles. The predicted octanol–water partition coefficient (Wildman–Crippen LogP) is 0.886. The van der Waals surface area contributed by atoms with E-state index in [2.05, 4.69) is 13.2 Å². The number of β-lactam (4-membered cyclic amide) rings is 1. The van der Waals surface area contributed by atoms with Crippen LogP contribution in [0.3, 0.4) is 0 Å². The second-order valence-electron chi connectivity index (χ2n) is 6.80. The lowest BCUT2D eigenvalue weighted by atomic mass is 9.77. The van der Waals surface area contributed by atoms with Gasteiger partial charge < -0.3 is 18.9 Å². The lowest BCUT2D eigenvalue weighted by Gasteiger charge is -2.50. The summed E-state index contributed by atoms with van der Waals surface area (Å²) in [4.78, 5) is 62.7. The number of Topliss-reactive ketones (excluding diaryl/α,β-unsaturated/α-hetero) is 1. The number of esters is 1. The Bertz CT molecular complexity index is 768. The molecule has 2 amide bonds. The quantitative estimate of drug-likeness (QED) is 0.225. The number of imide groups is 1. The van der Waals surface area contributed by atoms with Crippen LogP contribution in [0.4, 0.5) is 4.79 Å². The first-order chi connectivity index (χ1) is 14.8. The van der Waals surface area contributed by atoms with E-state index in [9.17, 15) is 24.0 Å². The summed E-state index contributed by atoms with van der Waals surface area (Å²) in [5.41, 5.74) is 0. The molecule has 0 unspecified atom stereocenters. The minimum atomic E-state index is -1.26. The zero-order valence-corrected chi connectivity index (χ0v) is 18.1. The Morgan fingerprint density at radius 3 is 2.48 bits per heavy atom. The molecule has 2 fully saturated rings. The van der Waals surface area contributed by atoms with Crippen molar-refractivity contribution in [2.24, 2.45) is 5.92 Å². The van der Waals surface area contributed by atoms with E-state index in [1.54, 1.807) is 6.26 Å². The van der Waals surface area contributed by atoms with Crippen molar-refractivity contribution in [1.29, 1.82) is 0 Å². The molecule has 0 radical (unpaired) electrons. The number of amides is 2. The SMILES string of the molecule is C=CCOC(=O)O[C@H](C)[C@H]1C(=O)N(C(=O)C(=O)OCC=C)[C@@H]1[C@H]1OCC[C@H](SC)C1=O. The van der Waals surface area contributed by atoms with Crippen molar-refractivity contribution >= 4 is 41.5 Å². The van der Waals surface area contributed by atoms with Crippen LogP contribution >= 0.6 is 11.8 Å². The van der Waals surface area contributed by atoms with Crippen molar-refractivity contribution in [3.8, 4) is 0 Å². The summed E-state index contributed by atoms with van der Waals surface area (Å²) < 4.78 is 20.2. The number of thioether (sulfide) groups is 1. The molecule has 0 aromatic carbocycles. The molecule has 5 atom stereocenters. The molecule has 2 saturated heterocycles. The fourth-order valence-corrected chi connectivity index (χ4v) is 4.16. The second kappa shape index (κ2) is 11.1. The topological polar surface area (TPSA) is 126 Å². The average Bonchev–Trinajstić information content (AvgIpc) is 2.74. The van der Waals surface area contributed by atoms with Gasteiger partial charge >= 0.3 is 18.0 Å². The lowest BCUT2D eigenvalue weighted by molar-refractivity contribution is -0.191. The van der Waals surface area contributed by atoms with Crippen molar-refractivity contribution in [3.63, 3.8) is 0 Å². The largest absolute Gasteiger partial charge is 0.508 e. The van der Waals surface area contributed by atoms with Crippen LogP contribution in [0.15, 0.2) is 25.3 Å². The maximum Gasteiger partial charge on any atom is 0.508 e. The number of nitrogens with zero attached hydrogens (tertiary/aromatic N) is 1. The zero-order chi connectivity index (χ0) is 23.1. The Morgan fingerprint density at radius 1 is 1.23 bits per heavy atom. The third-order valence-corrected chi connectivity index (χ3v) is 5.93. The molecule has 11 heteroatoms. The van der Waals surface area contributed by atoms with E-state index in [0.717, 1.165) is 0 Å². The van der Waals surface area contributed by atoms with Gasteiger partial charge in [0.1, 0.15) is 25.4 Å². The van der Waals surface area contributed by atoms with Crippen molar-refractivity contribution in [2.45, 2.75) is 36.8 Å². The van der Waals surface area contributed by atoms with E-state index >= 15 is 0 Å². The highest BCUT2D eigenvalue weighted by atomic mass is 32.2. The Balaban J connectivity index is 2.26. The van der Waals surface area contributed by atoms with Gasteiger partial charge in [0.05, 0.1) is 17.2 Å². The zero-order valence-electron chi connectivity index (χ0n) is 17.3. The number of ether oxygens (including phenoxy) is 4. The van der Waals surface area contributed by atoms with Gasteiger partial charge in [-0.05, 0) is 19.6 Å². The van der Waals surface area contributed by atoms with Crippen molar-refractivity contribution < 1.29 is 42.9 Å². The minimum Gasteiger partial charge on any atom is -0.454 e. The first-order valence-electron chi connectivity index (χ1n) is 9.55. The normalized spacial score (nSPS) is 26.3. The number of ketones is 1. The van der Waals surface area contributed by atoms with Crippen LogP contribution in [0.2, 0.25) is 0 Å². The van der Waals surface area contributed by atoms with E-state index in [1.165, 1.54) is 30.8 Å². The third kappa shape index (κ3) is 5.34. The van der Waals surface area contributed by atoms with E-state index < -0.39 is 48.1 Å². The van der Waals surface area contributed by atoms with Crippen molar-refractivity contribution in [2.75, 3.05) is 26.1 Å². The molecule has 10 nitrogen and oxygen atoms in total. The van der Waals surface area contributed by atoms with Gasteiger partial charge in [-0.3, -0.25) is 19.3 Å². The Hall–Kier alpha value is -2.66. The summed E-state index contributed by atoms with van der Waals surface area (Å²) >= 11 is 1.33. The fraction of sp³-hybridized carbons (Fsp3) is 0.550. The van der Waals surface area contributed by atoms with E-state index in [-0.39, 0.29) is 30.9 Å². The number of likely N-dealkylation sites (tertiary alicyclic amines) is 1. The van der Waals surface area contributed by atoms with Crippen LogP contribution in [0, 0.1) is 5.92 Å². The highest BCUT2D eigenvalue weighted by Gasteiger charge is 2.61. The molecule has 0 spiro atoms. The van der Waals surface area contributed by atoms with Crippen LogP contribution in [-0.4, -0.2) is 84.2 Å². The molecule has 2 heterocycles. The summed E-state index contributed by atoms with van der Waals surface area (Å²) in [5, 5.41) is -0.381. The van der Waals surface area contributed by atoms with Crippen LogP contribution in [0.1, 0.15) is 13.3 Å². The molecule has 0 bridgehead atoms. The molecule has 0 aromatic rings. The minimum absolute atomic E-state index is 0.0903. The van der Waals surface area contributed by atoms with Crippen molar-refractivity contribution in [3.05, 3.63) is 25.3 Å². The Kier molecular flexibility index (Phi) is 8.81. The third-order valence-electron chi connectivity index (χ3n) is 4.89. The van der Waals surface area contributed by atoms with Gasteiger partial charge in [0.25, 0.3) is 0 Å². The first-order valence-corrected chi connectivity index (χ1v) is 10.8. The predicted molar refractivity (Wildman–Crippen MR) is 109 cm³/mol. The molecule has 2 rings (SSSR count). The van der Waals surface area contributed by atoms with Gasteiger partial charge in [-0.25, -0.2) is 9.59 Å². The molecule has 170 valence electrons. The van der Waals surface area contributed by atoms with Crippen LogP contribution < -0.4 is 0 Å². The highest BCUT2D eigenvalue weighted by Crippen LogP contribution is 2.38. The average molecular weight is 455 g/mol. The Morgan fingerprint density at radius 2 is 1.87 bits per heavy atom. The van der Waals surface area contributed by atoms with Gasteiger partial charge in [-0.1, -0.05) is 25.3 Å². The molecular formula is C20H25NO9S. The molecule has 31 heavy (non-hydrogen) atoms. The number of rotatable bonds is 8. The van der Waals surface area contributed by atoms with E-state index in [1.807, 2.05) is 0 Å². The molecule has 2 aliphatic rings. The van der Waals surface area contributed by atoms with Crippen LogP contribution in [0.25, 0.3) is 0 Å². The summed E-state index contributed by atoms with van der Waals surface area (Å²) in [6, 6.07) is -1.12. The van der Waals surface area contributed by atoms with Gasteiger partial charge in [-0.2, -0.15) is 11.8 Å². The highest BCUT2D eigenvalue weighted by molar-refractivity contribution is 7.99. The summed E-state index contributed by atoms with van der Waals surface area (Å²) in [6.07, 6.45) is 1.63. The number of hydrogen-bond donors (Lipinski definition) is 0. The van der Waals surface area contributed by atoms with E-state index in [4.69, 9.17) is 18.9 Å². The monoisotopic (exact) mass is 455 g/mol. The molecule has 0 aliphatic carbocycles. The smallest absolute Gasteiger partial charge is 0.454 e. The number of hydrogen-bond acceptors (Lipinski definition) is 10. The van der Waals surface area contributed by atoms with Crippen molar-refractivity contribution in [1.82, 2.24) is 4.90 Å². The Labute approximate surface area is 183 Å². The summed E-state index contributed by atoms with van der Waals surface area (Å²) in [7, 11) is 0. The second-order valence-corrected chi connectivity index (χ2v) is 7.84. The van der Waals surface area contributed by atoms with Gasteiger partial charge in [-0.15, -0.1) is 0 Å². The molecule has 0 N–H and O–H groups in total. The van der Waals surface area contributed by atoms with Crippen LogP contribution in [0.5, 0.6) is 0 Å².